The molecule has 7 heteroatoms. The molecule has 170 valence electrons. The monoisotopic (exact) mass is 436 g/mol. The molecule has 2 aromatic heterocycles. The van der Waals surface area contributed by atoms with E-state index in [4.69, 9.17) is 8.94 Å². The summed E-state index contributed by atoms with van der Waals surface area (Å²) >= 11 is 0. The molecule has 4 aliphatic rings. The van der Waals surface area contributed by atoms with E-state index in [-0.39, 0.29) is 5.91 Å². The number of aromatic nitrogens is 2. The summed E-state index contributed by atoms with van der Waals surface area (Å²) in [6.07, 6.45) is 13.6. The van der Waals surface area contributed by atoms with Gasteiger partial charge in [-0.3, -0.25) is 9.69 Å². The summed E-state index contributed by atoms with van der Waals surface area (Å²) < 4.78 is 10.7. The molecule has 2 aromatic rings. The molecule has 32 heavy (non-hydrogen) atoms. The van der Waals surface area contributed by atoms with Crippen LogP contribution in [0.3, 0.4) is 0 Å². The molecule has 2 bridgehead atoms. The maximum atomic E-state index is 13.3. The fourth-order valence-corrected chi connectivity index (χ4v) is 6.65. The number of hydrogen-bond donors (Lipinski definition) is 0. The summed E-state index contributed by atoms with van der Waals surface area (Å²) in [4.78, 5) is 22.6. The molecule has 3 fully saturated rings. The highest BCUT2D eigenvalue weighted by atomic mass is 16.5. The Balaban J connectivity index is 1.10. The molecular weight excluding hydrogens is 404 g/mol. The molecule has 6 rings (SSSR count). The van der Waals surface area contributed by atoms with E-state index in [0.29, 0.717) is 48.2 Å². The lowest BCUT2D eigenvalue weighted by atomic mass is 9.68. The minimum atomic E-state index is 0.283. The number of carbonyl (C=O) groups is 1. The lowest BCUT2D eigenvalue weighted by Crippen LogP contribution is -2.60. The van der Waals surface area contributed by atoms with Gasteiger partial charge in [-0.2, -0.15) is 4.98 Å². The molecule has 0 radical (unpaired) electrons. The van der Waals surface area contributed by atoms with Crippen molar-refractivity contribution in [1.82, 2.24) is 19.9 Å². The Hall–Kier alpha value is -2.41. The van der Waals surface area contributed by atoms with E-state index in [1.165, 1.54) is 45.2 Å². The van der Waals surface area contributed by atoms with Gasteiger partial charge in [0.2, 0.25) is 17.6 Å². The van der Waals surface area contributed by atoms with Gasteiger partial charge < -0.3 is 13.8 Å². The van der Waals surface area contributed by atoms with Gasteiger partial charge in [0, 0.05) is 32.0 Å². The van der Waals surface area contributed by atoms with Crippen LogP contribution in [0.5, 0.6) is 0 Å². The van der Waals surface area contributed by atoms with E-state index in [1.54, 1.807) is 17.9 Å². The first-order valence-electron chi connectivity index (χ1n) is 12.4. The predicted octanol–water partition coefficient (Wildman–Crippen LogP) is 4.07. The molecular formula is C25H32N4O3. The topological polar surface area (TPSA) is 75.6 Å². The number of furan rings is 1. The largest absolute Gasteiger partial charge is 0.461 e. The number of hydrogen-bond acceptors (Lipinski definition) is 6. The average Bonchev–Trinajstić information content (AvgIpc) is 3.51. The van der Waals surface area contributed by atoms with Crippen molar-refractivity contribution in [2.75, 3.05) is 19.6 Å². The third-order valence-corrected chi connectivity index (χ3v) is 7.97. The molecule has 0 unspecified atom stereocenters. The predicted molar refractivity (Wildman–Crippen MR) is 119 cm³/mol. The van der Waals surface area contributed by atoms with Crippen molar-refractivity contribution >= 4 is 5.91 Å². The summed E-state index contributed by atoms with van der Waals surface area (Å²) in [5, 5.41) is 3.98. The average molecular weight is 437 g/mol. The van der Waals surface area contributed by atoms with Gasteiger partial charge in [0.05, 0.1) is 12.3 Å². The Morgan fingerprint density at radius 2 is 2.19 bits per heavy atom. The van der Waals surface area contributed by atoms with Crippen LogP contribution in [0, 0.1) is 11.8 Å². The maximum absolute atomic E-state index is 13.3. The zero-order valence-corrected chi connectivity index (χ0v) is 18.6. The number of rotatable bonds is 5. The van der Waals surface area contributed by atoms with Crippen LogP contribution in [0.1, 0.15) is 57.3 Å². The van der Waals surface area contributed by atoms with Crippen LogP contribution in [0.4, 0.5) is 0 Å². The van der Waals surface area contributed by atoms with E-state index in [0.717, 1.165) is 25.4 Å². The quantitative estimate of drug-likeness (QED) is 0.658. The molecule has 5 heterocycles. The van der Waals surface area contributed by atoms with E-state index >= 15 is 0 Å². The Morgan fingerprint density at radius 3 is 3.09 bits per heavy atom. The van der Waals surface area contributed by atoms with Gasteiger partial charge in [0.25, 0.3) is 0 Å². The van der Waals surface area contributed by atoms with Crippen LogP contribution >= 0.6 is 0 Å². The molecule has 1 amide bonds. The number of aryl methyl sites for hydroxylation is 1. The van der Waals surface area contributed by atoms with Crippen LogP contribution in [-0.2, 0) is 11.2 Å². The smallest absolute Gasteiger partial charge is 0.238 e. The molecule has 3 aliphatic heterocycles. The van der Waals surface area contributed by atoms with Crippen molar-refractivity contribution in [3.8, 4) is 11.6 Å². The van der Waals surface area contributed by atoms with Crippen molar-refractivity contribution in [3.05, 3.63) is 35.9 Å². The van der Waals surface area contributed by atoms with Gasteiger partial charge in [-0.25, -0.2) is 0 Å². The van der Waals surface area contributed by atoms with Crippen LogP contribution in [0.2, 0.25) is 0 Å². The number of carbonyl (C=O) groups excluding carboxylic acids is 1. The summed E-state index contributed by atoms with van der Waals surface area (Å²) in [6, 6.07) is 4.69. The number of nitrogens with zero attached hydrogens (tertiary/aromatic N) is 4. The number of likely N-dealkylation sites (tertiary alicyclic amines) is 1. The standard InChI is InChI=1S/C25H32N4O3/c30-23(10-3-9-22-26-25(27-32-22)21-8-5-13-31-21)29-12-4-6-17-14-18-15-19(24(17)29)16-28-11-2-1-7-20(18)28/h5,8,13-14,18-20,24H,1-4,6-7,9-12,15-16H2/t18-,19-,20+,24+/m0/s1. The first kappa shape index (κ1) is 20.2. The molecule has 3 saturated heterocycles. The second kappa shape index (κ2) is 8.50. The Bertz CT molecular complexity index is 981. The molecule has 0 N–H and O–H groups in total. The summed E-state index contributed by atoms with van der Waals surface area (Å²) in [5.41, 5.74) is 1.55. The van der Waals surface area contributed by atoms with Gasteiger partial charge in [0.15, 0.2) is 5.76 Å². The molecule has 0 saturated carbocycles. The summed E-state index contributed by atoms with van der Waals surface area (Å²) in [5.74, 6) is 3.22. The van der Waals surface area contributed by atoms with Crippen molar-refractivity contribution in [2.24, 2.45) is 11.8 Å². The fourth-order valence-electron chi connectivity index (χ4n) is 6.65. The fraction of sp³-hybridized carbons (Fsp3) is 0.640. The zero-order chi connectivity index (χ0) is 21.5. The highest BCUT2D eigenvalue weighted by molar-refractivity contribution is 5.77. The Morgan fingerprint density at radius 1 is 1.22 bits per heavy atom. The highest BCUT2D eigenvalue weighted by Gasteiger charge is 2.46. The van der Waals surface area contributed by atoms with Crippen molar-refractivity contribution in [2.45, 2.75) is 69.9 Å². The minimum Gasteiger partial charge on any atom is -0.461 e. The van der Waals surface area contributed by atoms with Crippen LogP contribution in [0.25, 0.3) is 11.6 Å². The van der Waals surface area contributed by atoms with Crippen LogP contribution in [0.15, 0.2) is 39.0 Å². The SMILES string of the molecule is O=C(CCCc1nc(-c2ccco2)no1)N1CCCC2=C[C@H]3C[C@@H](CN4CCCC[C@H]34)[C@@H]21. The Kier molecular flexibility index (Phi) is 5.37. The minimum absolute atomic E-state index is 0.283. The van der Waals surface area contributed by atoms with Gasteiger partial charge in [-0.1, -0.05) is 23.2 Å². The van der Waals surface area contributed by atoms with Gasteiger partial charge in [-0.15, -0.1) is 0 Å². The van der Waals surface area contributed by atoms with E-state index < -0.39 is 0 Å². The zero-order valence-electron chi connectivity index (χ0n) is 18.6. The highest BCUT2D eigenvalue weighted by Crippen LogP contribution is 2.45. The van der Waals surface area contributed by atoms with Gasteiger partial charge in [0.1, 0.15) is 0 Å². The number of amides is 1. The van der Waals surface area contributed by atoms with E-state index in [1.807, 2.05) is 6.07 Å². The maximum Gasteiger partial charge on any atom is 0.238 e. The Labute approximate surface area is 188 Å². The second-order valence-electron chi connectivity index (χ2n) is 9.94. The first-order valence-corrected chi connectivity index (χ1v) is 12.4. The van der Waals surface area contributed by atoms with Crippen LogP contribution in [-0.4, -0.2) is 57.6 Å². The van der Waals surface area contributed by atoms with Gasteiger partial charge >= 0.3 is 0 Å². The third kappa shape index (κ3) is 3.70. The van der Waals surface area contributed by atoms with E-state index in [2.05, 4.69) is 26.0 Å². The molecule has 4 atom stereocenters. The van der Waals surface area contributed by atoms with Crippen molar-refractivity contribution in [3.63, 3.8) is 0 Å². The van der Waals surface area contributed by atoms with Gasteiger partial charge in [-0.05, 0) is 69.0 Å². The lowest BCUT2D eigenvalue weighted by molar-refractivity contribution is -0.136. The summed E-state index contributed by atoms with van der Waals surface area (Å²) in [7, 11) is 0. The van der Waals surface area contributed by atoms with E-state index in [9.17, 15) is 4.79 Å². The van der Waals surface area contributed by atoms with Crippen molar-refractivity contribution < 1.29 is 13.7 Å². The third-order valence-electron chi connectivity index (χ3n) is 7.97. The molecule has 0 spiro atoms. The normalized spacial score (nSPS) is 29.9. The lowest BCUT2D eigenvalue weighted by Gasteiger charge is -2.54. The van der Waals surface area contributed by atoms with Crippen LogP contribution < -0.4 is 0 Å². The molecule has 7 nitrogen and oxygen atoms in total. The molecule has 1 aliphatic carbocycles. The molecule has 0 aromatic carbocycles. The van der Waals surface area contributed by atoms with Crippen molar-refractivity contribution in [1.29, 1.82) is 0 Å². The number of fused-ring (bicyclic) bond motifs is 6. The summed E-state index contributed by atoms with van der Waals surface area (Å²) in [6.45, 7) is 3.31. The second-order valence-corrected chi connectivity index (χ2v) is 9.94. The number of piperidine rings is 3. The first-order chi connectivity index (χ1) is 15.8.